The molecule has 1 aliphatic rings. The van der Waals surface area contributed by atoms with Crippen molar-refractivity contribution in [2.75, 3.05) is 6.54 Å². The lowest BCUT2D eigenvalue weighted by Gasteiger charge is -2.19. The predicted octanol–water partition coefficient (Wildman–Crippen LogP) is 2.69. The number of hydrogen-bond donors (Lipinski definition) is 0. The fourth-order valence-corrected chi connectivity index (χ4v) is 1.43. The van der Waals surface area contributed by atoms with Gasteiger partial charge in [-0.3, -0.25) is 0 Å². The Labute approximate surface area is 68.7 Å². The molecule has 0 aromatic rings. The van der Waals surface area contributed by atoms with Crippen LogP contribution in [0.5, 0.6) is 0 Å². The van der Waals surface area contributed by atoms with Gasteiger partial charge in [0.15, 0.2) is 0 Å². The largest absolute Gasteiger partial charge is 0.346 e. The van der Waals surface area contributed by atoms with Crippen LogP contribution in [0.2, 0.25) is 0 Å². The van der Waals surface area contributed by atoms with Crippen molar-refractivity contribution in [2.24, 2.45) is 0 Å². The lowest BCUT2D eigenvalue weighted by atomic mass is 10.3. The minimum Gasteiger partial charge on any atom is -0.346 e. The average molecular weight is 149 g/mol. The second-order valence-corrected chi connectivity index (χ2v) is 2.74. The summed E-state index contributed by atoms with van der Waals surface area (Å²) in [4.78, 5) is 2.23. The molecule has 1 fully saturated rings. The lowest BCUT2D eigenvalue weighted by Crippen LogP contribution is -2.14. The van der Waals surface area contributed by atoms with Crippen molar-refractivity contribution >= 4 is 0 Å². The van der Waals surface area contributed by atoms with Gasteiger partial charge in [0.1, 0.15) is 0 Å². The van der Waals surface area contributed by atoms with Crippen molar-refractivity contribution in [1.29, 1.82) is 0 Å². The molecule has 0 aliphatic carbocycles. The molecule has 0 N–H and O–H groups in total. The summed E-state index contributed by atoms with van der Waals surface area (Å²) >= 11 is 0. The van der Waals surface area contributed by atoms with Gasteiger partial charge in [0, 0.05) is 17.9 Å². The molecule has 0 aromatic heterocycles. The fraction of sp³-hybridized carbons (Fsp3) is 0.400. The third-order valence-electron chi connectivity index (χ3n) is 2.05. The zero-order valence-electron chi connectivity index (χ0n) is 7.14. The quantitative estimate of drug-likeness (QED) is 0.546. The Morgan fingerprint density at radius 1 is 1.64 bits per heavy atom. The van der Waals surface area contributed by atoms with Crippen molar-refractivity contribution in [3.05, 3.63) is 36.7 Å². The molecule has 1 rings (SSSR count). The maximum atomic E-state index is 3.99. The van der Waals surface area contributed by atoms with Crippen LogP contribution in [0.25, 0.3) is 0 Å². The van der Waals surface area contributed by atoms with E-state index in [1.54, 1.807) is 0 Å². The molecule has 1 nitrogen and oxygen atoms in total. The van der Waals surface area contributed by atoms with Crippen molar-refractivity contribution in [3.63, 3.8) is 0 Å². The smallest absolute Gasteiger partial charge is 0.0358 e. The molecule has 0 saturated carbocycles. The molecule has 0 unspecified atom stereocenters. The summed E-state index contributed by atoms with van der Waals surface area (Å²) in [6, 6.07) is 0. The summed E-state index contributed by atoms with van der Waals surface area (Å²) in [7, 11) is 0. The molecule has 1 aliphatic heterocycles. The minimum absolute atomic E-state index is 1.10. The zero-order chi connectivity index (χ0) is 8.27. The highest BCUT2D eigenvalue weighted by atomic mass is 15.2. The standard InChI is InChI=1S/C10H15N/c1-4-10(5-2)11-8-6-7-9(11)3/h4-5H,1,3,6-8H2,2H3/b10-5+. The Morgan fingerprint density at radius 2 is 2.36 bits per heavy atom. The summed E-state index contributed by atoms with van der Waals surface area (Å²) in [6.07, 6.45) is 6.31. The van der Waals surface area contributed by atoms with E-state index in [9.17, 15) is 0 Å². The van der Waals surface area contributed by atoms with Crippen LogP contribution in [0.1, 0.15) is 19.8 Å². The number of hydrogen-bond acceptors (Lipinski definition) is 1. The lowest BCUT2D eigenvalue weighted by molar-refractivity contribution is 0.505. The van der Waals surface area contributed by atoms with Crippen molar-refractivity contribution in [2.45, 2.75) is 19.8 Å². The molecule has 0 aromatic carbocycles. The normalized spacial score (nSPS) is 19.2. The van der Waals surface area contributed by atoms with Gasteiger partial charge in [-0.25, -0.2) is 0 Å². The van der Waals surface area contributed by atoms with E-state index in [1.165, 1.54) is 17.8 Å². The second kappa shape index (κ2) is 3.42. The third kappa shape index (κ3) is 1.53. The van der Waals surface area contributed by atoms with Gasteiger partial charge in [0.05, 0.1) is 0 Å². The van der Waals surface area contributed by atoms with Gasteiger partial charge in [-0.2, -0.15) is 0 Å². The van der Waals surface area contributed by atoms with Crippen LogP contribution in [0.3, 0.4) is 0 Å². The number of rotatable bonds is 2. The van der Waals surface area contributed by atoms with E-state index in [4.69, 9.17) is 0 Å². The highest BCUT2D eigenvalue weighted by molar-refractivity contribution is 5.21. The van der Waals surface area contributed by atoms with Crippen LogP contribution in [-0.2, 0) is 0 Å². The van der Waals surface area contributed by atoms with Crippen molar-refractivity contribution in [3.8, 4) is 0 Å². The van der Waals surface area contributed by atoms with Crippen LogP contribution in [0.4, 0.5) is 0 Å². The van der Waals surface area contributed by atoms with Gasteiger partial charge >= 0.3 is 0 Å². The number of nitrogens with zero attached hydrogens (tertiary/aromatic N) is 1. The fourth-order valence-electron chi connectivity index (χ4n) is 1.43. The summed E-state index contributed by atoms with van der Waals surface area (Å²) in [5.41, 5.74) is 2.41. The zero-order valence-corrected chi connectivity index (χ0v) is 7.14. The molecule has 1 heterocycles. The van der Waals surface area contributed by atoms with Gasteiger partial charge in [-0.05, 0) is 25.8 Å². The van der Waals surface area contributed by atoms with Crippen LogP contribution in [0.15, 0.2) is 36.7 Å². The van der Waals surface area contributed by atoms with Crippen LogP contribution in [-0.4, -0.2) is 11.4 Å². The maximum Gasteiger partial charge on any atom is 0.0358 e. The monoisotopic (exact) mass is 149 g/mol. The highest BCUT2D eigenvalue weighted by Gasteiger charge is 2.15. The Morgan fingerprint density at radius 3 is 2.73 bits per heavy atom. The highest BCUT2D eigenvalue weighted by Crippen LogP contribution is 2.23. The first-order valence-electron chi connectivity index (χ1n) is 4.03. The van der Waals surface area contributed by atoms with Crippen LogP contribution < -0.4 is 0 Å². The maximum absolute atomic E-state index is 3.99. The summed E-state index contributed by atoms with van der Waals surface area (Å²) in [5.74, 6) is 0. The first-order chi connectivity index (χ1) is 5.29. The van der Waals surface area contributed by atoms with E-state index in [2.05, 4.69) is 24.1 Å². The molecule has 0 atom stereocenters. The summed E-state index contributed by atoms with van der Waals surface area (Å²) in [6.45, 7) is 10.9. The topological polar surface area (TPSA) is 3.24 Å². The number of allylic oxidation sites excluding steroid dienone is 3. The summed E-state index contributed by atoms with van der Waals surface area (Å²) in [5, 5.41) is 0. The Hall–Kier alpha value is -0.980. The Bertz CT molecular complexity index is 201. The van der Waals surface area contributed by atoms with Crippen molar-refractivity contribution < 1.29 is 0 Å². The average Bonchev–Trinajstić information content (AvgIpc) is 2.40. The van der Waals surface area contributed by atoms with Gasteiger partial charge in [0.25, 0.3) is 0 Å². The predicted molar refractivity (Wildman–Crippen MR) is 49.0 cm³/mol. The molecule has 60 valence electrons. The number of likely N-dealkylation sites (tertiary alicyclic amines) is 1. The van der Waals surface area contributed by atoms with E-state index < -0.39 is 0 Å². The van der Waals surface area contributed by atoms with E-state index in [0.717, 1.165) is 13.0 Å². The molecular weight excluding hydrogens is 134 g/mol. The first kappa shape index (κ1) is 8.12. The Balaban J connectivity index is 2.73. The Kier molecular flexibility index (Phi) is 2.53. The second-order valence-electron chi connectivity index (χ2n) is 2.74. The SMILES string of the molecule is C=C/C(=C\C)N1CCCC1=C. The molecule has 0 bridgehead atoms. The molecule has 1 heteroatoms. The third-order valence-corrected chi connectivity index (χ3v) is 2.05. The van der Waals surface area contributed by atoms with E-state index in [1.807, 2.05) is 13.0 Å². The molecule has 1 saturated heterocycles. The molecule has 0 radical (unpaired) electrons. The van der Waals surface area contributed by atoms with Gasteiger partial charge in [-0.1, -0.05) is 19.2 Å². The van der Waals surface area contributed by atoms with E-state index >= 15 is 0 Å². The molecule has 0 spiro atoms. The molecule has 0 amide bonds. The van der Waals surface area contributed by atoms with Crippen LogP contribution >= 0.6 is 0 Å². The van der Waals surface area contributed by atoms with E-state index in [0.29, 0.717) is 0 Å². The first-order valence-corrected chi connectivity index (χ1v) is 4.03. The van der Waals surface area contributed by atoms with Crippen molar-refractivity contribution in [1.82, 2.24) is 4.90 Å². The minimum atomic E-state index is 1.10. The van der Waals surface area contributed by atoms with Gasteiger partial charge in [-0.15, -0.1) is 0 Å². The van der Waals surface area contributed by atoms with Gasteiger partial charge in [0.2, 0.25) is 0 Å². The molecular formula is C10H15N. The van der Waals surface area contributed by atoms with Gasteiger partial charge < -0.3 is 4.90 Å². The molecule has 11 heavy (non-hydrogen) atoms. The van der Waals surface area contributed by atoms with Crippen LogP contribution in [0, 0.1) is 0 Å². The van der Waals surface area contributed by atoms with E-state index in [-0.39, 0.29) is 0 Å². The summed E-state index contributed by atoms with van der Waals surface area (Å²) < 4.78 is 0.